The number of nitrogens with zero attached hydrogens (tertiary/aromatic N) is 3. The summed E-state index contributed by atoms with van der Waals surface area (Å²) in [6.07, 6.45) is 4.61. The molecule has 3 aromatic heterocycles. The second kappa shape index (κ2) is 6.90. The zero-order valence-electron chi connectivity index (χ0n) is 14.7. The molecule has 0 aliphatic rings. The van der Waals surface area contributed by atoms with E-state index in [0.29, 0.717) is 11.4 Å². The number of amides is 1. The van der Waals surface area contributed by atoms with Gasteiger partial charge in [0.1, 0.15) is 5.69 Å². The first-order chi connectivity index (χ1) is 13.5. The number of benzene rings is 1. The minimum atomic E-state index is -3.63. The first-order valence-electron chi connectivity index (χ1n) is 8.45. The Balaban J connectivity index is 1.69. The van der Waals surface area contributed by atoms with Gasteiger partial charge in [-0.25, -0.2) is 8.42 Å². The number of sulfone groups is 1. The Kier molecular flexibility index (Phi) is 4.40. The summed E-state index contributed by atoms with van der Waals surface area (Å²) < 4.78 is 27.1. The summed E-state index contributed by atoms with van der Waals surface area (Å²) in [5, 5.41) is 0.791. The lowest BCUT2D eigenvalue weighted by Crippen LogP contribution is -2.17. The van der Waals surface area contributed by atoms with Crippen molar-refractivity contribution in [3.05, 3.63) is 84.6 Å². The van der Waals surface area contributed by atoms with Crippen LogP contribution >= 0.6 is 0 Å². The highest BCUT2D eigenvalue weighted by molar-refractivity contribution is 7.91. The van der Waals surface area contributed by atoms with Crippen LogP contribution in [0, 0.1) is 0 Å². The second-order valence-electron chi connectivity index (χ2n) is 6.22. The van der Waals surface area contributed by atoms with E-state index in [1.165, 1.54) is 12.3 Å². The minimum absolute atomic E-state index is 0.110. The maximum Gasteiger partial charge on any atom is 0.265 e. The Morgan fingerprint density at radius 3 is 2.46 bits per heavy atom. The number of hydrogen-bond donors (Lipinski definition) is 1. The third-order valence-corrected chi connectivity index (χ3v) is 6.19. The van der Waals surface area contributed by atoms with Crippen LogP contribution in [-0.4, -0.2) is 28.9 Å². The van der Waals surface area contributed by atoms with Gasteiger partial charge in [-0.2, -0.15) is 0 Å². The number of aromatic nitrogens is 3. The van der Waals surface area contributed by atoms with E-state index in [4.69, 9.17) is 5.73 Å². The lowest BCUT2D eigenvalue weighted by Gasteiger charge is -2.09. The van der Waals surface area contributed by atoms with Gasteiger partial charge in [0.15, 0.2) is 0 Å². The van der Waals surface area contributed by atoms with Crippen molar-refractivity contribution < 1.29 is 13.2 Å². The Labute approximate surface area is 161 Å². The molecule has 1 amide bonds. The van der Waals surface area contributed by atoms with Crippen molar-refractivity contribution in [1.82, 2.24) is 14.5 Å². The number of hydrogen-bond acceptors (Lipinski definition) is 5. The summed E-state index contributed by atoms with van der Waals surface area (Å²) in [6, 6.07) is 14.8. The van der Waals surface area contributed by atoms with Gasteiger partial charge in [0.2, 0.25) is 9.84 Å². The van der Waals surface area contributed by atoms with Crippen LogP contribution in [0.15, 0.2) is 83.0 Å². The predicted molar refractivity (Wildman–Crippen MR) is 103 cm³/mol. The van der Waals surface area contributed by atoms with Crippen LogP contribution in [0.4, 0.5) is 0 Å². The Morgan fingerprint density at radius 1 is 1.00 bits per heavy atom. The summed E-state index contributed by atoms with van der Waals surface area (Å²) >= 11 is 0. The van der Waals surface area contributed by atoms with Crippen LogP contribution in [0.5, 0.6) is 0 Å². The molecule has 140 valence electrons. The van der Waals surface area contributed by atoms with E-state index in [0.717, 1.165) is 10.9 Å². The van der Waals surface area contributed by atoms with Crippen LogP contribution in [0.3, 0.4) is 0 Å². The smallest absolute Gasteiger partial charge is 0.265 e. The zero-order valence-corrected chi connectivity index (χ0v) is 15.5. The van der Waals surface area contributed by atoms with E-state index in [1.54, 1.807) is 65.5 Å². The predicted octanol–water partition coefficient (Wildman–Crippen LogP) is 2.41. The van der Waals surface area contributed by atoms with Gasteiger partial charge in [-0.1, -0.05) is 18.2 Å². The summed E-state index contributed by atoms with van der Waals surface area (Å²) in [5.74, 6) is -0.556. The van der Waals surface area contributed by atoms with Gasteiger partial charge >= 0.3 is 0 Å². The van der Waals surface area contributed by atoms with Crippen LogP contribution in [-0.2, 0) is 16.4 Å². The van der Waals surface area contributed by atoms with Crippen molar-refractivity contribution in [2.75, 3.05) is 0 Å². The van der Waals surface area contributed by atoms with Crippen molar-refractivity contribution in [3.8, 4) is 0 Å². The number of rotatable bonds is 5. The first-order valence-corrected chi connectivity index (χ1v) is 9.93. The fourth-order valence-corrected chi connectivity index (χ4v) is 4.27. The molecule has 1 aromatic carbocycles. The van der Waals surface area contributed by atoms with E-state index >= 15 is 0 Å². The van der Waals surface area contributed by atoms with E-state index < -0.39 is 15.7 Å². The molecule has 0 spiro atoms. The number of fused-ring (bicyclic) bond motifs is 1. The molecule has 3 heterocycles. The van der Waals surface area contributed by atoms with Crippen molar-refractivity contribution in [3.63, 3.8) is 0 Å². The second-order valence-corrected chi connectivity index (χ2v) is 8.17. The number of pyridine rings is 2. The highest BCUT2D eigenvalue weighted by Gasteiger charge is 2.18. The number of carbonyl (C=O) groups is 1. The molecule has 7 nitrogen and oxygen atoms in total. The molecule has 0 fully saturated rings. The van der Waals surface area contributed by atoms with Gasteiger partial charge in [0, 0.05) is 24.0 Å². The van der Waals surface area contributed by atoms with Crippen LogP contribution in [0.2, 0.25) is 0 Å². The van der Waals surface area contributed by atoms with Crippen molar-refractivity contribution in [2.45, 2.75) is 16.3 Å². The average molecular weight is 392 g/mol. The molecule has 2 N–H and O–H groups in total. The van der Waals surface area contributed by atoms with Gasteiger partial charge in [-0.3, -0.25) is 14.8 Å². The van der Waals surface area contributed by atoms with Crippen molar-refractivity contribution in [1.29, 1.82) is 0 Å². The Bertz CT molecular complexity index is 1260. The molecule has 0 bridgehead atoms. The molecule has 0 saturated carbocycles. The van der Waals surface area contributed by atoms with Crippen molar-refractivity contribution in [2.24, 2.45) is 5.73 Å². The van der Waals surface area contributed by atoms with Gasteiger partial charge in [0.25, 0.3) is 5.91 Å². The molecule has 0 aliphatic heterocycles. The Morgan fingerprint density at radius 2 is 1.79 bits per heavy atom. The molecule has 0 saturated heterocycles. The summed E-state index contributed by atoms with van der Waals surface area (Å²) in [5.41, 5.74) is 7.24. The minimum Gasteiger partial charge on any atom is -0.364 e. The van der Waals surface area contributed by atoms with Crippen LogP contribution < -0.4 is 5.73 Å². The molecule has 0 aliphatic carbocycles. The van der Waals surface area contributed by atoms with Gasteiger partial charge in [-0.05, 0) is 36.4 Å². The molecule has 8 heteroatoms. The molecule has 0 radical (unpaired) electrons. The SMILES string of the molecule is NC(=O)c1cc2cnccc2n1Cc1ccc(S(=O)(=O)c2ccccc2)cn1. The van der Waals surface area contributed by atoms with E-state index in [1.807, 2.05) is 0 Å². The number of carbonyl (C=O) groups excluding carboxylic acids is 1. The fraction of sp³-hybridized carbons (Fsp3) is 0.0500. The maximum absolute atomic E-state index is 12.7. The van der Waals surface area contributed by atoms with E-state index in [9.17, 15) is 13.2 Å². The molecular weight excluding hydrogens is 376 g/mol. The van der Waals surface area contributed by atoms with Gasteiger partial charge in [0.05, 0.1) is 27.5 Å². The van der Waals surface area contributed by atoms with Gasteiger partial charge in [-0.15, -0.1) is 0 Å². The van der Waals surface area contributed by atoms with Crippen LogP contribution in [0.1, 0.15) is 16.2 Å². The summed E-state index contributed by atoms with van der Waals surface area (Å²) in [4.78, 5) is 20.5. The largest absolute Gasteiger partial charge is 0.364 e. The normalized spacial score (nSPS) is 11.6. The number of primary amides is 1. The highest BCUT2D eigenvalue weighted by Crippen LogP contribution is 2.22. The molecule has 28 heavy (non-hydrogen) atoms. The standard InChI is InChI=1S/C20H16N4O3S/c21-20(25)19-10-14-11-22-9-8-18(14)24(19)13-15-6-7-17(12-23-15)28(26,27)16-4-2-1-3-5-16/h1-12H,13H2,(H2,21,25). The fourth-order valence-electron chi connectivity index (χ4n) is 3.05. The maximum atomic E-state index is 12.7. The molecule has 4 aromatic rings. The number of nitrogens with two attached hydrogens (primary N) is 1. The molecular formula is C20H16N4O3S. The highest BCUT2D eigenvalue weighted by atomic mass is 32.2. The van der Waals surface area contributed by atoms with Crippen LogP contribution in [0.25, 0.3) is 10.9 Å². The lowest BCUT2D eigenvalue weighted by molar-refractivity contribution is 0.0992. The molecule has 4 rings (SSSR count). The molecule has 0 atom stereocenters. The third kappa shape index (κ3) is 3.14. The first kappa shape index (κ1) is 17.9. The summed E-state index contributed by atoms with van der Waals surface area (Å²) in [6.45, 7) is 0.275. The Hall–Kier alpha value is -3.52. The quantitative estimate of drug-likeness (QED) is 0.561. The molecule has 0 unspecified atom stereocenters. The topological polar surface area (TPSA) is 108 Å². The summed E-state index contributed by atoms with van der Waals surface area (Å²) in [7, 11) is -3.63. The third-order valence-electron chi connectivity index (χ3n) is 4.44. The van der Waals surface area contributed by atoms with E-state index in [-0.39, 0.29) is 16.3 Å². The average Bonchev–Trinajstić information content (AvgIpc) is 3.08. The van der Waals surface area contributed by atoms with E-state index in [2.05, 4.69) is 9.97 Å². The zero-order chi connectivity index (χ0) is 19.7. The van der Waals surface area contributed by atoms with Crippen molar-refractivity contribution >= 4 is 26.6 Å². The lowest BCUT2D eigenvalue weighted by atomic mass is 10.3. The monoisotopic (exact) mass is 392 g/mol. The van der Waals surface area contributed by atoms with Gasteiger partial charge < -0.3 is 10.3 Å².